The molecule has 0 aliphatic carbocycles. The van der Waals surface area contributed by atoms with Gasteiger partial charge >= 0.3 is 0 Å². The number of benzene rings is 2. The SMILES string of the molecule is Clc1ccccc1-c1ncnc2c1CN(Cc1ccccc1)CC2. The molecular weight excluding hydrogens is 318 g/mol. The lowest BCUT2D eigenvalue weighted by Crippen LogP contribution is -2.31. The molecular formula is C20H18ClN3. The number of fused-ring (bicyclic) bond motifs is 1. The minimum absolute atomic E-state index is 0.735. The van der Waals surface area contributed by atoms with Gasteiger partial charge in [0, 0.05) is 42.2 Å². The lowest BCUT2D eigenvalue weighted by Gasteiger charge is -2.29. The first-order valence-corrected chi connectivity index (χ1v) is 8.53. The van der Waals surface area contributed by atoms with Gasteiger partial charge in [-0.3, -0.25) is 4.90 Å². The Bertz CT molecular complexity index is 849. The molecule has 0 radical (unpaired) electrons. The van der Waals surface area contributed by atoms with Gasteiger partial charge in [-0.1, -0.05) is 60.1 Å². The molecule has 0 unspecified atom stereocenters. The Morgan fingerprint density at radius 3 is 2.58 bits per heavy atom. The van der Waals surface area contributed by atoms with Crippen molar-refractivity contribution in [3.63, 3.8) is 0 Å². The summed E-state index contributed by atoms with van der Waals surface area (Å²) in [5.74, 6) is 0. The minimum atomic E-state index is 0.735. The Morgan fingerprint density at radius 1 is 0.958 bits per heavy atom. The number of halogens is 1. The van der Waals surface area contributed by atoms with Gasteiger partial charge in [0.15, 0.2) is 0 Å². The van der Waals surface area contributed by atoms with Crippen LogP contribution in [0.1, 0.15) is 16.8 Å². The van der Waals surface area contributed by atoms with Crippen LogP contribution in [-0.4, -0.2) is 21.4 Å². The second kappa shape index (κ2) is 6.71. The maximum Gasteiger partial charge on any atom is 0.116 e. The van der Waals surface area contributed by atoms with Gasteiger partial charge in [0.2, 0.25) is 0 Å². The van der Waals surface area contributed by atoms with E-state index < -0.39 is 0 Å². The molecule has 3 nitrogen and oxygen atoms in total. The maximum atomic E-state index is 6.39. The summed E-state index contributed by atoms with van der Waals surface area (Å²) in [5.41, 5.74) is 5.62. The van der Waals surface area contributed by atoms with Crippen LogP contribution in [0.3, 0.4) is 0 Å². The fourth-order valence-corrected chi connectivity index (χ4v) is 3.48. The van der Waals surface area contributed by atoms with Gasteiger partial charge in [-0.25, -0.2) is 9.97 Å². The Balaban J connectivity index is 1.66. The topological polar surface area (TPSA) is 29.0 Å². The van der Waals surface area contributed by atoms with E-state index in [-0.39, 0.29) is 0 Å². The normalized spacial score (nSPS) is 14.4. The summed E-state index contributed by atoms with van der Waals surface area (Å²) in [5, 5.41) is 0.735. The highest BCUT2D eigenvalue weighted by atomic mass is 35.5. The third-order valence-corrected chi connectivity index (χ3v) is 4.79. The van der Waals surface area contributed by atoms with E-state index in [2.05, 4.69) is 45.2 Å². The number of hydrogen-bond donors (Lipinski definition) is 0. The molecule has 1 aliphatic heterocycles. The monoisotopic (exact) mass is 335 g/mol. The predicted octanol–water partition coefficient (Wildman–Crippen LogP) is 4.36. The number of aromatic nitrogens is 2. The fourth-order valence-electron chi connectivity index (χ4n) is 3.26. The van der Waals surface area contributed by atoms with E-state index >= 15 is 0 Å². The Kier molecular flexibility index (Phi) is 4.28. The van der Waals surface area contributed by atoms with Crippen molar-refractivity contribution in [1.29, 1.82) is 0 Å². The maximum absolute atomic E-state index is 6.39. The number of nitrogens with zero attached hydrogens (tertiary/aromatic N) is 3. The standard InChI is InChI=1S/C20H18ClN3/c21-18-9-5-4-8-16(18)20-17-13-24(11-10-19(17)22-14-23-20)12-15-6-2-1-3-7-15/h1-9,14H,10-13H2. The van der Waals surface area contributed by atoms with Crippen LogP contribution in [0, 0.1) is 0 Å². The highest BCUT2D eigenvalue weighted by molar-refractivity contribution is 6.33. The van der Waals surface area contributed by atoms with E-state index in [0.717, 1.165) is 48.0 Å². The van der Waals surface area contributed by atoms with Crippen molar-refractivity contribution in [3.05, 3.63) is 82.8 Å². The van der Waals surface area contributed by atoms with Gasteiger partial charge in [-0.2, -0.15) is 0 Å². The van der Waals surface area contributed by atoms with Gasteiger partial charge < -0.3 is 0 Å². The molecule has 1 aliphatic rings. The van der Waals surface area contributed by atoms with E-state index in [0.29, 0.717) is 0 Å². The average molecular weight is 336 g/mol. The zero-order valence-corrected chi connectivity index (χ0v) is 14.1. The molecule has 0 amide bonds. The molecule has 0 fully saturated rings. The molecule has 24 heavy (non-hydrogen) atoms. The Labute approximate surface area is 147 Å². The van der Waals surface area contributed by atoms with Crippen LogP contribution in [0.4, 0.5) is 0 Å². The van der Waals surface area contributed by atoms with Crippen molar-refractivity contribution in [2.75, 3.05) is 6.54 Å². The molecule has 0 atom stereocenters. The second-order valence-electron chi connectivity index (χ2n) is 6.07. The van der Waals surface area contributed by atoms with Crippen LogP contribution in [0.15, 0.2) is 60.9 Å². The van der Waals surface area contributed by atoms with E-state index in [1.807, 2.05) is 24.3 Å². The first-order chi connectivity index (χ1) is 11.8. The van der Waals surface area contributed by atoms with Crippen molar-refractivity contribution >= 4 is 11.6 Å². The lowest BCUT2D eigenvalue weighted by molar-refractivity contribution is 0.243. The largest absolute Gasteiger partial charge is 0.294 e. The van der Waals surface area contributed by atoms with E-state index in [4.69, 9.17) is 11.6 Å². The summed E-state index contributed by atoms with van der Waals surface area (Å²) in [4.78, 5) is 11.5. The lowest BCUT2D eigenvalue weighted by atomic mass is 9.99. The third kappa shape index (κ3) is 3.05. The first-order valence-electron chi connectivity index (χ1n) is 8.15. The third-order valence-electron chi connectivity index (χ3n) is 4.46. The van der Waals surface area contributed by atoms with Crippen molar-refractivity contribution in [3.8, 4) is 11.3 Å². The molecule has 2 heterocycles. The zero-order chi connectivity index (χ0) is 16.4. The molecule has 120 valence electrons. The number of hydrogen-bond acceptors (Lipinski definition) is 3. The Morgan fingerprint density at radius 2 is 1.75 bits per heavy atom. The molecule has 0 bridgehead atoms. The highest BCUT2D eigenvalue weighted by Crippen LogP contribution is 2.32. The van der Waals surface area contributed by atoms with Crippen molar-refractivity contribution in [2.24, 2.45) is 0 Å². The Hall–Kier alpha value is -2.23. The van der Waals surface area contributed by atoms with Crippen LogP contribution in [0.25, 0.3) is 11.3 Å². The summed E-state index contributed by atoms with van der Waals surface area (Å²) < 4.78 is 0. The fraction of sp³-hybridized carbons (Fsp3) is 0.200. The number of rotatable bonds is 3. The van der Waals surface area contributed by atoms with Crippen molar-refractivity contribution in [2.45, 2.75) is 19.5 Å². The summed E-state index contributed by atoms with van der Waals surface area (Å²) in [6.07, 6.45) is 2.60. The molecule has 4 heteroatoms. The molecule has 0 N–H and O–H groups in total. The summed E-state index contributed by atoms with van der Waals surface area (Å²) in [6.45, 7) is 2.81. The van der Waals surface area contributed by atoms with Crippen LogP contribution < -0.4 is 0 Å². The second-order valence-corrected chi connectivity index (χ2v) is 6.48. The summed E-state index contributed by atoms with van der Waals surface area (Å²) in [7, 11) is 0. The molecule has 1 aromatic heterocycles. The van der Waals surface area contributed by atoms with Crippen molar-refractivity contribution in [1.82, 2.24) is 14.9 Å². The van der Waals surface area contributed by atoms with E-state index in [9.17, 15) is 0 Å². The summed E-state index contributed by atoms with van der Waals surface area (Å²) in [6, 6.07) is 18.5. The molecule has 0 saturated carbocycles. The molecule has 2 aromatic carbocycles. The van der Waals surface area contributed by atoms with Crippen LogP contribution in [-0.2, 0) is 19.5 Å². The van der Waals surface area contributed by atoms with Crippen molar-refractivity contribution < 1.29 is 0 Å². The predicted molar refractivity (Wildman–Crippen MR) is 96.7 cm³/mol. The molecule has 0 spiro atoms. The average Bonchev–Trinajstić information content (AvgIpc) is 2.63. The zero-order valence-electron chi connectivity index (χ0n) is 13.3. The first kappa shape index (κ1) is 15.3. The van der Waals surface area contributed by atoms with Gasteiger partial charge in [-0.05, 0) is 11.6 Å². The molecule has 0 saturated heterocycles. The van der Waals surface area contributed by atoms with Crippen LogP contribution in [0.2, 0.25) is 5.02 Å². The summed E-state index contributed by atoms with van der Waals surface area (Å²) >= 11 is 6.39. The quantitative estimate of drug-likeness (QED) is 0.712. The minimum Gasteiger partial charge on any atom is -0.294 e. The van der Waals surface area contributed by atoms with Crippen LogP contribution >= 0.6 is 11.6 Å². The van der Waals surface area contributed by atoms with Gasteiger partial charge in [-0.15, -0.1) is 0 Å². The molecule has 4 rings (SSSR count). The van der Waals surface area contributed by atoms with Gasteiger partial charge in [0.25, 0.3) is 0 Å². The van der Waals surface area contributed by atoms with Crippen LogP contribution in [0.5, 0.6) is 0 Å². The smallest absolute Gasteiger partial charge is 0.116 e. The highest BCUT2D eigenvalue weighted by Gasteiger charge is 2.22. The van der Waals surface area contributed by atoms with Gasteiger partial charge in [0.05, 0.1) is 11.4 Å². The van der Waals surface area contributed by atoms with E-state index in [1.165, 1.54) is 11.1 Å². The van der Waals surface area contributed by atoms with E-state index in [1.54, 1.807) is 6.33 Å². The van der Waals surface area contributed by atoms with Gasteiger partial charge in [0.1, 0.15) is 6.33 Å². The molecule has 3 aromatic rings.